The minimum atomic E-state index is -0.154. The standard InChI is InChI=1S/C12H14FIO/c13-11-7-2-1-6-10(11)12(8-14)15-9-4-3-5-9/h1-2,6-7,9,12H,3-5,8H2. The van der Waals surface area contributed by atoms with Gasteiger partial charge in [0.1, 0.15) is 5.82 Å². The van der Waals surface area contributed by atoms with Crippen LogP contribution in [0.2, 0.25) is 0 Å². The summed E-state index contributed by atoms with van der Waals surface area (Å²) >= 11 is 2.25. The third kappa shape index (κ3) is 2.69. The normalized spacial score (nSPS) is 18.5. The van der Waals surface area contributed by atoms with Crippen molar-refractivity contribution in [1.82, 2.24) is 0 Å². The second-order valence-corrected chi connectivity index (χ2v) is 4.73. The highest BCUT2D eigenvalue weighted by molar-refractivity contribution is 14.1. The first kappa shape index (κ1) is 11.3. The molecule has 0 N–H and O–H groups in total. The van der Waals surface area contributed by atoms with Crippen LogP contribution in [-0.4, -0.2) is 10.5 Å². The Morgan fingerprint density at radius 1 is 1.40 bits per heavy atom. The molecule has 1 aromatic rings. The van der Waals surface area contributed by atoms with Gasteiger partial charge in [-0.25, -0.2) is 4.39 Å². The minimum Gasteiger partial charge on any atom is -0.369 e. The summed E-state index contributed by atoms with van der Waals surface area (Å²) in [6.07, 6.45) is 3.76. The van der Waals surface area contributed by atoms with Crippen molar-refractivity contribution in [2.75, 3.05) is 4.43 Å². The number of hydrogen-bond acceptors (Lipinski definition) is 1. The average molecular weight is 320 g/mol. The molecule has 0 saturated heterocycles. The number of ether oxygens (including phenoxy) is 1. The van der Waals surface area contributed by atoms with E-state index in [0.717, 1.165) is 17.3 Å². The molecule has 15 heavy (non-hydrogen) atoms. The monoisotopic (exact) mass is 320 g/mol. The van der Waals surface area contributed by atoms with Crippen molar-refractivity contribution >= 4 is 22.6 Å². The van der Waals surface area contributed by atoms with E-state index in [-0.39, 0.29) is 11.9 Å². The average Bonchev–Trinajstić information content (AvgIpc) is 2.19. The quantitative estimate of drug-likeness (QED) is 0.604. The maximum absolute atomic E-state index is 13.5. The second-order valence-electron chi connectivity index (χ2n) is 3.85. The number of hydrogen-bond donors (Lipinski definition) is 0. The summed E-state index contributed by atoms with van der Waals surface area (Å²) in [4.78, 5) is 0. The Morgan fingerprint density at radius 2 is 2.13 bits per heavy atom. The van der Waals surface area contributed by atoms with E-state index in [0.29, 0.717) is 11.7 Å². The summed E-state index contributed by atoms with van der Waals surface area (Å²) in [6.45, 7) is 0. The number of alkyl halides is 1. The van der Waals surface area contributed by atoms with E-state index in [4.69, 9.17) is 4.74 Å². The summed E-state index contributed by atoms with van der Waals surface area (Å²) < 4.78 is 20.2. The molecule has 1 saturated carbocycles. The zero-order chi connectivity index (χ0) is 10.7. The Labute approximate surface area is 103 Å². The van der Waals surface area contributed by atoms with Crippen LogP contribution in [0.15, 0.2) is 24.3 Å². The molecule has 1 nitrogen and oxygen atoms in total. The molecule has 1 aliphatic carbocycles. The molecule has 1 fully saturated rings. The van der Waals surface area contributed by atoms with Crippen molar-refractivity contribution in [2.24, 2.45) is 0 Å². The largest absolute Gasteiger partial charge is 0.369 e. The van der Waals surface area contributed by atoms with Crippen LogP contribution in [-0.2, 0) is 4.74 Å². The van der Waals surface area contributed by atoms with Gasteiger partial charge >= 0.3 is 0 Å². The summed E-state index contributed by atoms with van der Waals surface area (Å²) in [5.41, 5.74) is 0.693. The number of halogens is 2. The summed E-state index contributed by atoms with van der Waals surface area (Å²) in [7, 11) is 0. The first-order valence-corrected chi connectivity index (χ1v) is 6.79. The van der Waals surface area contributed by atoms with Crippen molar-refractivity contribution in [3.8, 4) is 0 Å². The van der Waals surface area contributed by atoms with Gasteiger partial charge in [-0.1, -0.05) is 40.8 Å². The Bertz CT molecular complexity index is 325. The Hall–Kier alpha value is -0.160. The molecular weight excluding hydrogens is 306 g/mol. The van der Waals surface area contributed by atoms with Gasteiger partial charge in [0.2, 0.25) is 0 Å². The highest BCUT2D eigenvalue weighted by Gasteiger charge is 2.24. The molecule has 1 atom stereocenters. The van der Waals surface area contributed by atoms with Crippen LogP contribution < -0.4 is 0 Å². The van der Waals surface area contributed by atoms with E-state index >= 15 is 0 Å². The topological polar surface area (TPSA) is 9.23 Å². The van der Waals surface area contributed by atoms with Crippen LogP contribution >= 0.6 is 22.6 Å². The van der Waals surface area contributed by atoms with Gasteiger partial charge < -0.3 is 4.74 Å². The zero-order valence-electron chi connectivity index (χ0n) is 8.46. The second kappa shape index (κ2) is 5.25. The third-order valence-electron chi connectivity index (χ3n) is 2.80. The zero-order valence-corrected chi connectivity index (χ0v) is 10.6. The molecule has 0 heterocycles. The maximum atomic E-state index is 13.5. The van der Waals surface area contributed by atoms with Gasteiger partial charge in [0, 0.05) is 9.99 Å². The lowest BCUT2D eigenvalue weighted by Gasteiger charge is -2.30. The summed E-state index contributed by atoms with van der Waals surface area (Å²) in [5, 5.41) is 0. The SMILES string of the molecule is Fc1ccccc1C(CI)OC1CCC1. The molecule has 0 bridgehead atoms. The molecule has 0 radical (unpaired) electrons. The van der Waals surface area contributed by atoms with Crippen molar-refractivity contribution in [3.63, 3.8) is 0 Å². The highest BCUT2D eigenvalue weighted by atomic mass is 127. The highest BCUT2D eigenvalue weighted by Crippen LogP contribution is 2.31. The predicted molar refractivity (Wildman–Crippen MR) is 66.8 cm³/mol. The molecule has 82 valence electrons. The molecular formula is C12H14FIO. The summed E-state index contributed by atoms with van der Waals surface area (Å²) in [6, 6.07) is 6.89. The van der Waals surface area contributed by atoms with E-state index in [9.17, 15) is 4.39 Å². The Balaban J connectivity index is 2.07. The van der Waals surface area contributed by atoms with E-state index in [1.807, 2.05) is 12.1 Å². The molecule has 0 aliphatic heterocycles. The molecule has 0 aromatic heterocycles. The van der Waals surface area contributed by atoms with Gasteiger partial charge in [0.25, 0.3) is 0 Å². The molecule has 1 aromatic carbocycles. The van der Waals surface area contributed by atoms with Gasteiger partial charge in [-0.2, -0.15) is 0 Å². The smallest absolute Gasteiger partial charge is 0.129 e. The Kier molecular flexibility index (Phi) is 3.97. The van der Waals surface area contributed by atoms with Crippen molar-refractivity contribution < 1.29 is 9.13 Å². The lowest BCUT2D eigenvalue weighted by Crippen LogP contribution is -2.25. The fraction of sp³-hybridized carbons (Fsp3) is 0.500. The van der Waals surface area contributed by atoms with Crippen LogP contribution in [0, 0.1) is 5.82 Å². The molecule has 0 amide bonds. The molecule has 1 aliphatic rings. The van der Waals surface area contributed by atoms with Crippen LogP contribution in [0.3, 0.4) is 0 Å². The first-order valence-electron chi connectivity index (χ1n) is 5.27. The Morgan fingerprint density at radius 3 is 2.67 bits per heavy atom. The lowest BCUT2D eigenvalue weighted by molar-refractivity contribution is -0.0423. The van der Waals surface area contributed by atoms with Crippen molar-refractivity contribution in [1.29, 1.82) is 0 Å². The van der Waals surface area contributed by atoms with Gasteiger partial charge in [-0.3, -0.25) is 0 Å². The van der Waals surface area contributed by atoms with Gasteiger partial charge in [0.05, 0.1) is 12.2 Å². The summed E-state index contributed by atoms with van der Waals surface area (Å²) in [5.74, 6) is -0.154. The van der Waals surface area contributed by atoms with E-state index in [1.54, 1.807) is 6.07 Å². The van der Waals surface area contributed by atoms with Gasteiger partial charge in [-0.05, 0) is 25.3 Å². The van der Waals surface area contributed by atoms with Gasteiger partial charge in [0.15, 0.2) is 0 Å². The molecule has 3 heteroatoms. The van der Waals surface area contributed by atoms with Crippen LogP contribution in [0.1, 0.15) is 30.9 Å². The number of benzene rings is 1. The predicted octanol–water partition coefficient (Wildman–Crippen LogP) is 3.87. The van der Waals surface area contributed by atoms with Crippen LogP contribution in [0.25, 0.3) is 0 Å². The number of rotatable bonds is 4. The minimum absolute atomic E-state index is 0.0860. The van der Waals surface area contributed by atoms with E-state index in [2.05, 4.69) is 22.6 Å². The maximum Gasteiger partial charge on any atom is 0.129 e. The van der Waals surface area contributed by atoms with Crippen molar-refractivity contribution in [2.45, 2.75) is 31.5 Å². The van der Waals surface area contributed by atoms with Gasteiger partial charge in [-0.15, -0.1) is 0 Å². The van der Waals surface area contributed by atoms with Crippen molar-refractivity contribution in [3.05, 3.63) is 35.6 Å². The van der Waals surface area contributed by atoms with Crippen LogP contribution in [0.4, 0.5) is 4.39 Å². The van der Waals surface area contributed by atoms with E-state index < -0.39 is 0 Å². The molecule has 1 unspecified atom stereocenters. The fourth-order valence-corrected chi connectivity index (χ4v) is 2.35. The van der Waals surface area contributed by atoms with E-state index in [1.165, 1.54) is 12.5 Å². The lowest BCUT2D eigenvalue weighted by atomic mass is 9.95. The molecule has 2 rings (SSSR count). The fourth-order valence-electron chi connectivity index (χ4n) is 1.67. The van der Waals surface area contributed by atoms with Crippen LogP contribution in [0.5, 0.6) is 0 Å². The third-order valence-corrected chi connectivity index (χ3v) is 3.60. The molecule has 0 spiro atoms. The first-order chi connectivity index (χ1) is 7.31.